The lowest BCUT2D eigenvalue weighted by atomic mass is 10.3. The Bertz CT molecular complexity index is 673. The lowest BCUT2D eigenvalue weighted by molar-refractivity contribution is -0.115. The second-order valence-electron chi connectivity index (χ2n) is 4.21. The molecule has 0 bridgehead atoms. The number of carbonyl (C=O) groups is 1. The number of aromatic nitrogens is 2. The van der Waals surface area contributed by atoms with Crippen molar-refractivity contribution in [1.82, 2.24) is 9.97 Å². The Kier molecular flexibility index (Phi) is 4.99. The largest absolute Gasteiger partial charge is 0.481 e. The van der Waals surface area contributed by atoms with E-state index in [2.05, 4.69) is 15.3 Å². The number of nitrogens with zero attached hydrogens (tertiary/aromatic N) is 1. The molecule has 2 N–H and O–H groups in total. The second-order valence-corrected chi connectivity index (χ2v) is 5.54. The van der Waals surface area contributed by atoms with Crippen molar-refractivity contribution < 1.29 is 9.53 Å². The Morgan fingerprint density at radius 1 is 1.38 bits per heavy atom. The van der Waals surface area contributed by atoms with E-state index < -0.39 is 5.25 Å². The number of carbonyl (C=O) groups excluding carboxylic acids is 1. The van der Waals surface area contributed by atoms with E-state index in [1.807, 2.05) is 18.2 Å². The van der Waals surface area contributed by atoms with E-state index >= 15 is 0 Å². The van der Waals surface area contributed by atoms with Crippen molar-refractivity contribution >= 4 is 23.4 Å². The van der Waals surface area contributed by atoms with Crippen LogP contribution in [0.15, 0.2) is 46.3 Å². The van der Waals surface area contributed by atoms with Gasteiger partial charge in [0.05, 0.1) is 18.4 Å². The average Bonchev–Trinajstić information content (AvgIpc) is 2.47. The molecule has 1 unspecified atom stereocenters. The molecule has 0 saturated carbocycles. The van der Waals surface area contributed by atoms with E-state index in [-0.39, 0.29) is 17.3 Å². The molecule has 6 nitrogen and oxygen atoms in total. The van der Waals surface area contributed by atoms with Crippen LogP contribution in [-0.2, 0) is 4.79 Å². The number of rotatable bonds is 5. The number of H-pyrrole nitrogens is 1. The molecule has 110 valence electrons. The van der Waals surface area contributed by atoms with Gasteiger partial charge in [0.25, 0.3) is 5.56 Å². The smallest absolute Gasteiger partial charge is 0.255 e. The maximum Gasteiger partial charge on any atom is 0.255 e. The summed E-state index contributed by atoms with van der Waals surface area (Å²) in [5.41, 5.74) is 0.405. The second kappa shape index (κ2) is 6.94. The average molecular weight is 305 g/mol. The van der Waals surface area contributed by atoms with Gasteiger partial charge in [-0.25, -0.2) is 0 Å². The van der Waals surface area contributed by atoms with Crippen molar-refractivity contribution in [2.75, 3.05) is 12.4 Å². The molecule has 0 spiro atoms. The number of aromatic amines is 1. The van der Waals surface area contributed by atoms with Crippen molar-refractivity contribution in [2.45, 2.75) is 17.3 Å². The normalized spacial score (nSPS) is 11.7. The summed E-state index contributed by atoms with van der Waals surface area (Å²) in [7, 11) is 1.43. The summed E-state index contributed by atoms with van der Waals surface area (Å²) in [5.74, 6) is 0.0496. The fourth-order valence-electron chi connectivity index (χ4n) is 1.56. The molecule has 1 aromatic carbocycles. The van der Waals surface area contributed by atoms with Crippen molar-refractivity contribution in [1.29, 1.82) is 0 Å². The van der Waals surface area contributed by atoms with Crippen molar-refractivity contribution in [3.8, 4) is 5.88 Å². The molecule has 7 heteroatoms. The molecule has 0 aliphatic heterocycles. The molecular formula is C14H15N3O3S. The van der Waals surface area contributed by atoms with Gasteiger partial charge < -0.3 is 15.0 Å². The van der Waals surface area contributed by atoms with Crippen LogP contribution in [0.3, 0.4) is 0 Å². The molecule has 0 saturated heterocycles. The Labute approximate surface area is 125 Å². The van der Waals surface area contributed by atoms with Crippen LogP contribution in [0.4, 0.5) is 5.69 Å². The first kappa shape index (κ1) is 15.1. The molecule has 1 aromatic heterocycles. The molecule has 21 heavy (non-hydrogen) atoms. The minimum atomic E-state index is -0.416. The number of methoxy groups -OCH3 is 1. The number of ether oxygens (including phenoxy) is 1. The van der Waals surface area contributed by atoms with E-state index in [1.54, 1.807) is 19.1 Å². The molecule has 1 heterocycles. The number of nitrogens with one attached hydrogen (secondary N) is 2. The van der Waals surface area contributed by atoms with Gasteiger partial charge in [-0.2, -0.15) is 4.98 Å². The van der Waals surface area contributed by atoms with E-state index in [9.17, 15) is 9.59 Å². The summed E-state index contributed by atoms with van der Waals surface area (Å²) >= 11 is 1.16. The minimum absolute atomic E-state index is 0.170. The molecule has 1 atom stereocenters. The van der Waals surface area contributed by atoms with Gasteiger partial charge in [-0.15, -0.1) is 0 Å². The first-order valence-corrected chi connectivity index (χ1v) is 7.14. The highest BCUT2D eigenvalue weighted by Crippen LogP contribution is 2.21. The summed E-state index contributed by atoms with van der Waals surface area (Å²) in [4.78, 5) is 30.2. The van der Waals surface area contributed by atoms with Crippen LogP contribution in [0.2, 0.25) is 0 Å². The fraction of sp³-hybridized carbons (Fsp3) is 0.214. The lowest BCUT2D eigenvalue weighted by Gasteiger charge is -2.11. The topological polar surface area (TPSA) is 84.1 Å². The molecule has 2 rings (SSSR count). The predicted molar refractivity (Wildman–Crippen MR) is 81.8 cm³/mol. The SMILES string of the molecule is COc1cc(=O)[nH]c(SC(C)C(=O)Nc2ccccc2)n1. The third kappa shape index (κ3) is 4.35. The van der Waals surface area contributed by atoms with Gasteiger partial charge in [0.1, 0.15) is 0 Å². The number of hydrogen-bond acceptors (Lipinski definition) is 5. The van der Waals surface area contributed by atoms with Crippen LogP contribution in [0, 0.1) is 0 Å². The Morgan fingerprint density at radius 2 is 2.10 bits per heavy atom. The van der Waals surface area contributed by atoms with Gasteiger partial charge >= 0.3 is 0 Å². The van der Waals surface area contributed by atoms with Crippen molar-refractivity contribution in [2.24, 2.45) is 0 Å². The quantitative estimate of drug-likeness (QED) is 0.651. The zero-order chi connectivity index (χ0) is 15.2. The monoisotopic (exact) mass is 305 g/mol. The van der Waals surface area contributed by atoms with Gasteiger partial charge in [0.15, 0.2) is 5.16 Å². The van der Waals surface area contributed by atoms with Gasteiger partial charge in [-0.3, -0.25) is 9.59 Å². The third-order valence-corrected chi connectivity index (χ3v) is 3.59. The Morgan fingerprint density at radius 3 is 2.76 bits per heavy atom. The van der Waals surface area contributed by atoms with Gasteiger partial charge in [0, 0.05) is 5.69 Å². The van der Waals surface area contributed by atoms with Gasteiger partial charge in [-0.05, 0) is 19.1 Å². The first-order chi connectivity index (χ1) is 10.1. The molecular weight excluding hydrogens is 290 g/mol. The predicted octanol–water partition coefficient (Wildman–Crippen LogP) is 1.90. The standard InChI is InChI=1S/C14H15N3O3S/c1-9(13(19)15-10-6-4-3-5-7-10)21-14-16-11(18)8-12(17-14)20-2/h3-9H,1-2H3,(H,15,19)(H,16,17,18). The maximum absolute atomic E-state index is 12.1. The summed E-state index contributed by atoms with van der Waals surface area (Å²) in [6.07, 6.45) is 0. The molecule has 0 fully saturated rings. The number of para-hydroxylation sites is 1. The van der Waals surface area contributed by atoms with Crippen molar-refractivity contribution in [3.05, 3.63) is 46.8 Å². The number of hydrogen-bond donors (Lipinski definition) is 2. The van der Waals surface area contributed by atoms with E-state index in [1.165, 1.54) is 13.2 Å². The highest BCUT2D eigenvalue weighted by Gasteiger charge is 2.16. The van der Waals surface area contributed by atoms with Gasteiger partial charge in [0.2, 0.25) is 11.8 Å². The third-order valence-electron chi connectivity index (χ3n) is 2.60. The summed E-state index contributed by atoms with van der Waals surface area (Å²) in [5, 5.41) is 2.72. The van der Waals surface area contributed by atoms with E-state index in [0.29, 0.717) is 5.16 Å². The number of anilines is 1. The highest BCUT2D eigenvalue weighted by molar-refractivity contribution is 8.00. The maximum atomic E-state index is 12.1. The number of thioether (sulfide) groups is 1. The van der Waals surface area contributed by atoms with Crippen LogP contribution >= 0.6 is 11.8 Å². The molecule has 0 radical (unpaired) electrons. The van der Waals surface area contributed by atoms with Crippen LogP contribution in [0.25, 0.3) is 0 Å². The van der Waals surface area contributed by atoms with E-state index in [4.69, 9.17) is 4.74 Å². The van der Waals surface area contributed by atoms with Crippen molar-refractivity contribution in [3.63, 3.8) is 0 Å². The zero-order valence-corrected chi connectivity index (χ0v) is 12.4. The van der Waals surface area contributed by atoms with E-state index in [0.717, 1.165) is 17.4 Å². The summed E-state index contributed by atoms with van der Waals surface area (Å²) < 4.78 is 4.93. The minimum Gasteiger partial charge on any atom is -0.481 e. The Balaban J connectivity index is 2.04. The van der Waals surface area contributed by atoms with Crippen LogP contribution in [0.5, 0.6) is 5.88 Å². The molecule has 2 aromatic rings. The molecule has 1 amide bonds. The van der Waals surface area contributed by atoms with Gasteiger partial charge in [-0.1, -0.05) is 30.0 Å². The molecule has 0 aliphatic rings. The number of amides is 1. The Hall–Kier alpha value is -2.28. The van der Waals surface area contributed by atoms with Crippen LogP contribution in [-0.4, -0.2) is 28.2 Å². The van der Waals surface area contributed by atoms with Crippen LogP contribution < -0.4 is 15.6 Å². The van der Waals surface area contributed by atoms with Crippen LogP contribution in [0.1, 0.15) is 6.92 Å². The highest BCUT2D eigenvalue weighted by atomic mass is 32.2. The number of benzene rings is 1. The fourth-order valence-corrected chi connectivity index (χ4v) is 2.36. The zero-order valence-electron chi connectivity index (χ0n) is 11.6. The summed E-state index contributed by atoms with van der Waals surface area (Å²) in [6, 6.07) is 10.4. The summed E-state index contributed by atoms with van der Waals surface area (Å²) in [6.45, 7) is 1.74. The lowest BCUT2D eigenvalue weighted by Crippen LogP contribution is -2.23. The molecule has 0 aliphatic carbocycles. The first-order valence-electron chi connectivity index (χ1n) is 6.26.